The molecule has 1 aromatic carbocycles. The Morgan fingerprint density at radius 3 is 2.72 bits per heavy atom. The zero-order valence-electron chi connectivity index (χ0n) is 9.70. The number of anilines is 1. The van der Waals surface area contributed by atoms with E-state index in [2.05, 4.69) is 11.9 Å². The first-order chi connectivity index (χ1) is 8.49. The molecule has 5 nitrogen and oxygen atoms in total. The summed E-state index contributed by atoms with van der Waals surface area (Å²) in [6.45, 7) is 3.44. The molecule has 0 aliphatic carbocycles. The molecule has 0 aliphatic heterocycles. The van der Waals surface area contributed by atoms with Crippen molar-refractivity contribution in [3.8, 4) is 5.75 Å². The molecule has 0 saturated heterocycles. The molecular formula is C12H12ClNO4. The molecule has 0 heterocycles. The van der Waals surface area contributed by atoms with Crippen molar-refractivity contribution in [2.24, 2.45) is 0 Å². The third-order valence-electron chi connectivity index (χ3n) is 2.12. The van der Waals surface area contributed by atoms with E-state index in [1.54, 1.807) is 0 Å². The van der Waals surface area contributed by atoms with Crippen molar-refractivity contribution in [1.29, 1.82) is 0 Å². The van der Waals surface area contributed by atoms with Crippen LogP contribution in [0.2, 0.25) is 5.02 Å². The predicted molar refractivity (Wildman–Crippen MR) is 68.4 cm³/mol. The zero-order valence-corrected chi connectivity index (χ0v) is 10.5. The lowest BCUT2D eigenvalue weighted by atomic mass is 10.1. The van der Waals surface area contributed by atoms with Crippen LogP contribution in [-0.4, -0.2) is 24.1 Å². The summed E-state index contributed by atoms with van der Waals surface area (Å²) >= 11 is 5.89. The molecule has 1 amide bonds. The summed E-state index contributed by atoms with van der Waals surface area (Å²) in [7, 11) is 1.34. The molecule has 0 spiro atoms. The molecule has 0 aliphatic rings. The number of hydrogen-bond acceptors (Lipinski definition) is 3. The molecule has 96 valence electrons. The van der Waals surface area contributed by atoms with Gasteiger partial charge in [-0.05, 0) is 6.07 Å². The van der Waals surface area contributed by atoms with Gasteiger partial charge < -0.3 is 15.2 Å². The fourth-order valence-corrected chi connectivity index (χ4v) is 1.53. The van der Waals surface area contributed by atoms with E-state index < -0.39 is 5.97 Å². The lowest BCUT2D eigenvalue weighted by Crippen LogP contribution is -2.11. The molecule has 0 aromatic heterocycles. The van der Waals surface area contributed by atoms with Crippen molar-refractivity contribution in [2.45, 2.75) is 6.42 Å². The molecule has 0 saturated carbocycles. The number of carboxylic acid groups (broad SMARTS) is 1. The number of benzene rings is 1. The molecular weight excluding hydrogens is 258 g/mol. The molecule has 18 heavy (non-hydrogen) atoms. The van der Waals surface area contributed by atoms with Crippen LogP contribution >= 0.6 is 11.6 Å². The SMILES string of the molecule is C=CCC(=O)Nc1cc(OC)c(C(=O)O)cc1Cl. The fraction of sp³-hybridized carbons (Fsp3) is 0.167. The highest BCUT2D eigenvalue weighted by atomic mass is 35.5. The van der Waals surface area contributed by atoms with Crippen molar-refractivity contribution >= 4 is 29.2 Å². The first-order valence-electron chi connectivity index (χ1n) is 5.01. The third kappa shape index (κ3) is 3.24. The molecule has 0 atom stereocenters. The fourth-order valence-electron chi connectivity index (χ4n) is 1.32. The van der Waals surface area contributed by atoms with Gasteiger partial charge in [0.05, 0.1) is 17.8 Å². The number of carbonyl (C=O) groups excluding carboxylic acids is 1. The standard InChI is InChI=1S/C12H12ClNO4/c1-3-4-11(15)14-9-6-10(18-2)7(12(16)17)5-8(9)13/h3,5-6H,1,4H2,2H3,(H,14,15)(H,16,17). The van der Waals surface area contributed by atoms with E-state index in [0.717, 1.165) is 0 Å². The van der Waals surface area contributed by atoms with Gasteiger partial charge >= 0.3 is 5.97 Å². The minimum Gasteiger partial charge on any atom is -0.496 e. The highest BCUT2D eigenvalue weighted by Gasteiger charge is 2.15. The van der Waals surface area contributed by atoms with Gasteiger partial charge in [-0.15, -0.1) is 6.58 Å². The van der Waals surface area contributed by atoms with Crippen LogP contribution in [-0.2, 0) is 4.79 Å². The van der Waals surface area contributed by atoms with Crippen LogP contribution in [0.3, 0.4) is 0 Å². The summed E-state index contributed by atoms with van der Waals surface area (Å²) in [6, 6.07) is 2.60. The second-order valence-electron chi connectivity index (χ2n) is 3.38. The lowest BCUT2D eigenvalue weighted by molar-refractivity contribution is -0.115. The Morgan fingerprint density at radius 2 is 2.22 bits per heavy atom. The van der Waals surface area contributed by atoms with Crippen molar-refractivity contribution in [2.75, 3.05) is 12.4 Å². The summed E-state index contributed by atoms with van der Waals surface area (Å²) in [5.74, 6) is -1.32. The van der Waals surface area contributed by atoms with E-state index in [-0.39, 0.29) is 28.7 Å². The number of halogens is 1. The van der Waals surface area contributed by atoms with E-state index in [4.69, 9.17) is 21.4 Å². The molecule has 0 radical (unpaired) electrons. The quantitative estimate of drug-likeness (QED) is 0.806. The molecule has 6 heteroatoms. The number of rotatable bonds is 5. The van der Waals surface area contributed by atoms with Crippen LogP contribution < -0.4 is 10.1 Å². The second-order valence-corrected chi connectivity index (χ2v) is 3.79. The highest BCUT2D eigenvalue weighted by Crippen LogP contribution is 2.31. The van der Waals surface area contributed by atoms with Crippen molar-refractivity contribution in [3.05, 3.63) is 35.4 Å². The first kappa shape index (κ1) is 14.1. The molecule has 1 rings (SSSR count). The van der Waals surface area contributed by atoms with Gasteiger partial charge in [-0.1, -0.05) is 17.7 Å². The van der Waals surface area contributed by atoms with Gasteiger partial charge in [-0.3, -0.25) is 4.79 Å². The van der Waals surface area contributed by atoms with E-state index in [9.17, 15) is 9.59 Å². The third-order valence-corrected chi connectivity index (χ3v) is 2.44. The Kier molecular flexibility index (Phi) is 4.74. The number of nitrogens with one attached hydrogen (secondary N) is 1. The molecule has 0 fully saturated rings. The largest absolute Gasteiger partial charge is 0.496 e. The van der Waals surface area contributed by atoms with Crippen LogP contribution in [0.5, 0.6) is 5.75 Å². The van der Waals surface area contributed by atoms with E-state index in [1.165, 1.54) is 25.3 Å². The predicted octanol–water partition coefficient (Wildman–Crippen LogP) is 2.56. The van der Waals surface area contributed by atoms with Gasteiger partial charge in [0.15, 0.2) is 0 Å². The van der Waals surface area contributed by atoms with Crippen LogP contribution in [0.4, 0.5) is 5.69 Å². The number of aromatic carboxylic acids is 1. The van der Waals surface area contributed by atoms with Crippen molar-refractivity contribution < 1.29 is 19.4 Å². The average Bonchev–Trinajstić information content (AvgIpc) is 2.31. The van der Waals surface area contributed by atoms with Gasteiger partial charge in [0.1, 0.15) is 11.3 Å². The monoisotopic (exact) mass is 269 g/mol. The maximum atomic E-state index is 11.4. The maximum absolute atomic E-state index is 11.4. The Labute approximate surface area is 109 Å². The molecule has 2 N–H and O–H groups in total. The number of carboxylic acids is 1. The van der Waals surface area contributed by atoms with Crippen LogP contribution in [0.15, 0.2) is 24.8 Å². The Hall–Kier alpha value is -2.01. The van der Waals surface area contributed by atoms with E-state index >= 15 is 0 Å². The Morgan fingerprint density at radius 1 is 1.56 bits per heavy atom. The summed E-state index contributed by atoms with van der Waals surface area (Å²) < 4.78 is 4.93. The van der Waals surface area contributed by atoms with Crippen molar-refractivity contribution in [1.82, 2.24) is 0 Å². The van der Waals surface area contributed by atoms with Crippen LogP contribution in [0.1, 0.15) is 16.8 Å². The van der Waals surface area contributed by atoms with Gasteiger partial charge in [0, 0.05) is 12.5 Å². The first-order valence-corrected chi connectivity index (χ1v) is 5.39. The zero-order chi connectivity index (χ0) is 13.7. The molecule has 1 aromatic rings. The van der Waals surface area contributed by atoms with Gasteiger partial charge in [-0.25, -0.2) is 4.79 Å². The Balaban J connectivity index is 3.11. The lowest BCUT2D eigenvalue weighted by Gasteiger charge is -2.11. The van der Waals surface area contributed by atoms with Gasteiger partial charge in [0.25, 0.3) is 0 Å². The summed E-state index contributed by atoms with van der Waals surface area (Å²) in [4.78, 5) is 22.3. The van der Waals surface area contributed by atoms with Crippen LogP contribution in [0.25, 0.3) is 0 Å². The number of ether oxygens (including phenoxy) is 1. The molecule has 0 unspecified atom stereocenters. The number of carbonyl (C=O) groups is 2. The number of methoxy groups -OCH3 is 1. The second kappa shape index (κ2) is 6.07. The van der Waals surface area contributed by atoms with Crippen molar-refractivity contribution in [3.63, 3.8) is 0 Å². The smallest absolute Gasteiger partial charge is 0.339 e. The number of amides is 1. The normalized spacial score (nSPS) is 9.67. The summed E-state index contributed by atoms with van der Waals surface area (Å²) in [5, 5.41) is 11.6. The molecule has 0 bridgehead atoms. The van der Waals surface area contributed by atoms with Crippen LogP contribution in [0, 0.1) is 0 Å². The van der Waals surface area contributed by atoms with E-state index in [0.29, 0.717) is 5.69 Å². The average molecular weight is 270 g/mol. The maximum Gasteiger partial charge on any atom is 0.339 e. The van der Waals surface area contributed by atoms with E-state index in [1.807, 2.05) is 0 Å². The summed E-state index contributed by atoms with van der Waals surface area (Å²) in [5.41, 5.74) is 0.231. The minimum absolute atomic E-state index is 0.0655. The Bertz CT molecular complexity index is 499. The minimum atomic E-state index is -1.15. The topological polar surface area (TPSA) is 75.6 Å². The number of hydrogen-bond donors (Lipinski definition) is 2. The highest BCUT2D eigenvalue weighted by molar-refractivity contribution is 6.34. The van der Waals surface area contributed by atoms with Gasteiger partial charge in [0.2, 0.25) is 5.91 Å². The van der Waals surface area contributed by atoms with Gasteiger partial charge in [-0.2, -0.15) is 0 Å². The summed E-state index contributed by atoms with van der Waals surface area (Å²) in [6.07, 6.45) is 1.59.